The molecule has 1 aliphatic rings. The molecule has 1 aliphatic carbocycles. The molecule has 3 nitrogen and oxygen atoms in total. The second kappa shape index (κ2) is 10.0. The van der Waals surface area contributed by atoms with Gasteiger partial charge in [0.2, 0.25) is 0 Å². The highest BCUT2D eigenvalue weighted by Crippen LogP contribution is 2.33. The summed E-state index contributed by atoms with van der Waals surface area (Å²) in [7, 11) is 0. The van der Waals surface area contributed by atoms with Crippen molar-refractivity contribution < 1.29 is 9.90 Å². The number of benzene rings is 3. The first-order chi connectivity index (χ1) is 15.2. The van der Waals surface area contributed by atoms with Crippen molar-refractivity contribution in [1.82, 2.24) is 0 Å². The van der Waals surface area contributed by atoms with Crippen molar-refractivity contribution in [2.45, 2.75) is 31.1 Å². The lowest BCUT2D eigenvalue weighted by atomic mass is 9.83. The van der Waals surface area contributed by atoms with Crippen LogP contribution in [0.5, 0.6) is 0 Å². The lowest BCUT2D eigenvalue weighted by molar-refractivity contribution is -0.116. The van der Waals surface area contributed by atoms with Crippen LogP contribution in [0.15, 0.2) is 107 Å². The van der Waals surface area contributed by atoms with Gasteiger partial charge in [0.25, 0.3) is 0 Å². The summed E-state index contributed by atoms with van der Waals surface area (Å²) in [6, 6.07) is 30.8. The zero-order valence-corrected chi connectivity index (χ0v) is 17.5. The van der Waals surface area contributed by atoms with Crippen LogP contribution in [0.4, 0.5) is 0 Å². The number of aliphatic hydroxyl groups is 1. The van der Waals surface area contributed by atoms with Crippen molar-refractivity contribution in [3.05, 3.63) is 119 Å². The first kappa shape index (κ1) is 20.8. The molecule has 4 rings (SSSR count). The van der Waals surface area contributed by atoms with Crippen LogP contribution in [0, 0.1) is 0 Å². The standard InChI is InChI=1S/C28H27NO2/c30-27-18-24(21-10-4-1-5-11-21)19-28(31)26(27)20-29-17-16-25(22-12-6-2-7-13-22)23-14-8-3-9-15-23/h1-15,20,24-25,30H,16-19H2. The van der Waals surface area contributed by atoms with Gasteiger partial charge < -0.3 is 5.11 Å². The molecule has 31 heavy (non-hydrogen) atoms. The summed E-state index contributed by atoms with van der Waals surface area (Å²) >= 11 is 0. The number of nitrogens with zero attached hydrogens (tertiary/aromatic N) is 1. The van der Waals surface area contributed by atoms with Gasteiger partial charge in [0.1, 0.15) is 5.76 Å². The maximum atomic E-state index is 12.7. The number of rotatable bonds is 7. The number of hydrogen-bond donors (Lipinski definition) is 1. The Balaban J connectivity index is 1.44. The summed E-state index contributed by atoms with van der Waals surface area (Å²) in [5.41, 5.74) is 3.96. The Bertz CT molecular complexity index is 1020. The molecular formula is C28H27NO2. The third-order valence-electron chi connectivity index (χ3n) is 5.92. The Kier molecular flexibility index (Phi) is 6.73. The number of Topliss-reactive ketones (excluding diaryl/α,β-unsaturated/α-hetero) is 1. The van der Waals surface area contributed by atoms with Gasteiger partial charge >= 0.3 is 0 Å². The van der Waals surface area contributed by atoms with E-state index in [-0.39, 0.29) is 23.4 Å². The van der Waals surface area contributed by atoms with E-state index in [4.69, 9.17) is 0 Å². The molecule has 0 fully saturated rings. The number of carbonyl (C=O) groups is 1. The average Bonchev–Trinajstić information content (AvgIpc) is 2.82. The second-order valence-electron chi connectivity index (χ2n) is 8.00. The third kappa shape index (κ3) is 5.18. The third-order valence-corrected chi connectivity index (χ3v) is 5.92. The predicted octanol–water partition coefficient (Wildman–Crippen LogP) is 6.24. The Morgan fingerprint density at radius 1 is 0.839 bits per heavy atom. The summed E-state index contributed by atoms with van der Waals surface area (Å²) in [5, 5.41) is 10.5. The molecule has 0 saturated heterocycles. The van der Waals surface area contributed by atoms with Crippen molar-refractivity contribution in [2.75, 3.05) is 6.54 Å². The molecule has 0 radical (unpaired) electrons. The van der Waals surface area contributed by atoms with E-state index in [0.717, 1.165) is 12.0 Å². The van der Waals surface area contributed by atoms with Crippen molar-refractivity contribution in [3.8, 4) is 0 Å². The molecule has 3 aromatic rings. The first-order valence-corrected chi connectivity index (χ1v) is 10.8. The van der Waals surface area contributed by atoms with Crippen LogP contribution >= 0.6 is 0 Å². The maximum absolute atomic E-state index is 12.7. The van der Waals surface area contributed by atoms with E-state index in [2.05, 4.69) is 53.5 Å². The van der Waals surface area contributed by atoms with E-state index in [1.165, 1.54) is 11.1 Å². The Morgan fingerprint density at radius 3 is 1.94 bits per heavy atom. The highest BCUT2D eigenvalue weighted by atomic mass is 16.3. The van der Waals surface area contributed by atoms with Gasteiger partial charge in [-0.2, -0.15) is 0 Å². The predicted molar refractivity (Wildman–Crippen MR) is 126 cm³/mol. The first-order valence-electron chi connectivity index (χ1n) is 10.8. The lowest BCUT2D eigenvalue weighted by Gasteiger charge is -2.22. The van der Waals surface area contributed by atoms with Crippen molar-refractivity contribution in [1.29, 1.82) is 0 Å². The monoisotopic (exact) mass is 409 g/mol. The molecule has 0 bridgehead atoms. The van der Waals surface area contributed by atoms with E-state index in [1.807, 2.05) is 42.5 Å². The van der Waals surface area contributed by atoms with E-state index in [9.17, 15) is 9.90 Å². The van der Waals surface area contributed by atoms with Crippen LogP contribution in [0.1, 0.15) is 47.8 Å². The highest BCUT2D eigenvalue weighted by molar-refractivity contribution is 6.14. The lowest BCUT2D eigenvalue weighted by Crippen LogP contribution is -2.19. The quantitative estimate of drug-likeness (QED) is 0.470. The molecule has 1 atom stereocenters. The van der Waals surface area contributed by atoms with Gasteiger partial charge in [-0.3, -0.25) is 9.79 Å². The van der Waals surface area contributed by atoms with Gasteiger partial charge in [-0.15, -0.1) is 0 Å². The molecule has 0 heterocycles. The average molecular weight is 410 g/mol. The molecule has 1 N–H and O–H groups in total. The van der Waals surface area contributed by atoms with E-state index < -0.39 is 0 Å². The molecule has 3 heteroatoms. The van der Waals surface area contributed by atoms with Gasteiger partial charge in [0.05, 0.1) is 5.57 Å². The zero-order valence-electron chi connectivity index (χ0n) is 17.5. The molecule has 1 unspecified atom stereocenters. The SMILES string of the molecule is O=C1CC(c2ccccc2)CC(O)=C1C=NCCC(c1ccccc1)c1ccccc1. The fourth-order valence-corrected chi connectivity index (χ4v) is 4.27. The summed E-state index contributed by atoms with van der Waals surface area (Å²) < 4.78 is 0. The number of allylic oxidation sites excluding steroid dienone is 2. The fraction of sp³-hybridized carbons (Fsp3) is 0.214. The topological polar surface area (TPSA) is 49.7 Å². The van der Waals surface area contributed by atoms with Gasteiger partial charge in [-0.1, -0.05) is 91.0 Å². The van der Waals surface area contributed by atoms with Crippen LogP contribution < -0.4 is 0 Å². The van der Waals surface area contributed by atoms with Gasteiger partial charge in [-0.05, 0) is 29.0 Å². The zero-order chi connectivity index (χ0) is 21.5. The number of aliphatic imine (C=N–C) groups is 1. The van der Waals surface area contributed by atoms with Crippen LogP contribution in [-0.2, 0) is 4.79 Å². The minimum Gasteiger partial charge on any atom is -0.511 e. The van der Waals surface area contributed by atoms with Gasteiger partial charge in [0.15, 0.2) is 5.78 Å². The van der Waals surface area contributed by atoms with E-state index in [1.54, 1.807) is 6.21 Å². The van der Waals surface area contributed by atoms with Crippen LogP contribution in [-0.4, -0.2) is 23.6 Å². The van der Waals surface area contributed by atoms with E-state index in [0.29, 0.717) is 25.0 Å². The van der Waals surface area contributed by atoms with Crippen LogP contribution in [0.3, 0.4) is 0 Å². The Hall–Kier alpha value is -3.46. The fourth-order valence-electron chi connectivity index (χ4n) is 4.27. The van der Waals surface area contributed by atoms with Gasteiger partial charge in [0, 0.05) is 31.5 Å². The number of hydrogen-bond acceptors (Lipinski definition) is 3. The smallest absolute Gasteiger partial charge is 0.168 e. The molecular weight excluding hydrogens is 382 g/mol. The molecule has 0 saturated carbocycles. The van der Waals surface area contributed by atoms with Gasteiger partial charge in [-0.25, -0.2) is 0 Å². The molecule has 0 spiro atoms. The number of ketones is 1. The number of carbonyl (C=O) groups excluding carboxylic acids is 1. The van der Waals surface area contributed by atoms with E-state index >= 15 is 0 Å². The molecule has 156 valence electrons. The summed E-state index contributed by atoms with van der Waals surface area (Å²) in [6.07, 6.45) is 3.30. The summed E-state index contributed by atoms with van der Waals surface area (Å²) in [6.45, 7) is 0.584. The Morgan fingerprint density at radius 2 is 1.39 bits per heavy atom. The Labute approximate surface area is 183 Å². The van der Waals surface area contributed by atoms with Crippen LogP contribution in [0.2, 0.25) is 0 Å². The molecule has 0 aliphatic heterocycles. The second-order valence-corrected chi connectivity index (χ2v) is 8.00. The largest absolute Gasteiger partial charge is 0.511 e. The normalized spacial score (nSPS) is 16.9. The maximum Gasteiger partial charge on any atom is 0.168 e. The van der Waals surface area contributed by atoms with Crippen molar-refractivity contribution >= 4 is 12.0 Å². The molecule has 0 amide bonds. The number of aliphatic hydroxyl groups excluding tert-OH is 1. The van der Waals surface area contributed by atoms with Crippen LogP contribution in [0.25, 0.3) is 0 Å². The molecule has 0 aromatic heterocycles. The molecule has 3 aromatic carbocycles. The highest BCUT2D eigenvalue weighted by Gasteiger charge is 2.27. The van der Waals surface area contributed by atoms with Crippen molar-refractivity contribution in [3.63, 3.8) is 0 Å². The summed E-state index contributed by atoms with van der Waals surface area (Å²) in [4.78, 5) is 17.2. The minimum atomic E-state index is -0.0379. The van der Waals surface area contributed by atoms with Crippen molar-refractivity contribution in [2.24, 2.45) is 4.99 Å². The minimum absolute atomic E-state index is 0.0337. The summed E-state index contributed by atoms with van der Waals surface area (Å²) in [5.74, 6) is 0.388.